The van der Waals surface area contributed by atoms with Crippen LogP contribution in [0.2, 0.25) is 0 Å². The van der Waals surface area contributed by atoms with Crippen molar-refractivity contribution in [3.05, 3.63) is 16.1 Å². The third-order valence-electron chi connectivity index (χ3n) is 2.80. The molecule has 1 aromatic rings. The molecule has 0 bridgehead atoms. The predicted octanol–water partition coefficient (Wildman–Crippen LogP) is 2.69. The van der Waals surface area contributed by atoms with E-state index in [-0.39, 0.29) is 0 Å². The third kappa shape index (κ3) is 2.15. The van der Waals surface area contributed by atoms with Crippen LogP contribution in [0.3, 0.4) is 0 Å². The van der Waals surface area contributed by atoms with E-state index in [1.807, 2.05) is 17.5 Å². The Kier molecular flexibility index (Phi) is 2.88. The van der Waals surface area contributed by atoms with Gasteiger partial charge in [0.1, 0.15) is 0 Å². The highest BCUT2D eigenvalue weighted by Crippen LogP contribution is 2.48. The molecule has 0 radical (unpaired) electrons. The van der Waals surface area contributed by atoms with Gasteiger partial charge in [-0.1, -0.05) is 13.8 Å². The highest BCUT2D eigenvalue weighted by atomic mass is 32.1. The summed E-state index contributed by atoms with van der Waals surface area (Å²) in [6, 6.07) is 0. The maximum atomic E-state index is 4.51. The lowest BCUT2D eigenvalue weighted by atomic mass is 10.2. The van der Waals surface area contributed by atoms with Crippen molar-refractivity contribution in [2.24, 2.45) is 0 Å². The van der Waals surface area contributed by atoms with Crippen LogP contribution >= 0.6 is 11.3 Å². The van der Waals surface area contributed by atoms with Gasteiger partial charge in [-0.3, -0.25) is 0 Å². The van der Waals surface area contributed by atoms with Gasteiger partial charge in [0.25, 0.3) is 0 Å². The molecule has 0 amide bonds. The Morgan fingerprint density at radius 2 is 2.36 bits per heavy atom. The predicted molar refractivity (Wildman–Crippen MR) is 60.7 cm³/mol. The molecule has 1 aromatic heterocycles. The summed E-state index contributed by atoms with van der Waals surface area (Å²) in [6.07, 6.45) is 5.88. The Balaban J connectivity index is 1.90. The number of nitrogens with one attached hydrogen (secondary N) is 1. The van der Waals surface area contributed by atoms with Crippen LogP contribution in [-0.4, -0.2) is 11.5 Å². The molecule has 1 aliphatic carbocycles. The van der Waals surface area contributed by atoms with Gasteiger partial charge in [0.15, 0.2) is 0 Å². The lowest BCUT2D eigenvalue weighted by Gasteiger charge is -2.01. The van der Waals surface area contributed by atoms with E-state index in [1.54, 1.807) is 0 Å². The van der Waals surface area contributed by atoms with E-state index in [9.17, 15) is 0 Å². The number of hydrogen-bond donors (Lipinski definition) is 1. The van der Waals surface area contributed by atoms with Crippen LogP contribution < -0.4 is 5.32 Å². The van der Waals surface area contributed by atoms with Crippen molar-refractivity contribution in [2.45, 2.75) is 45.1 Å². The van der Waals surface area contributed by atoms with Crippen LogP contribution in [0, 0.1) is 0 Å². The van der Waals surface area contributed by atoms with Gasteiger partial charge >= 0.3 is 0 Å². The van der Waals surface area contributed by atoms with Gasteiger partial charge in [0.05, 0.1) is 5.01 Å². The Morgan fingerprint density at radius 1 is 1.57 bits per heavy atom. The molecule has 1 heterocycles. The highest BCUT2D eigenvalue weighted by Gasteiger charge is 2.41. The van der Waals surface area contributed by atoms with Crippen LogP contribution in [0.4, 0.5) is 0 Å². The largest absolute Gasteiger partial charge is 0.312 e. The standard InChI is InChI=1S/C11H18N2S/c1-3-6-12-7-9-8-13-10(14-9)11(2)4-5-11/h8,12H,3-7H2,1-2H3. The fraction of sp³-hybridized carbons (Fsp3) is 0.727. The molecule has 1 aliphatic rings. The topological polar surface area (TPSA) is 24.9 Å². The molecular formula is C11H18N2S. The van der Waals surface area contributed by atoms with Gasteiger partial charge < -0.3 is 5.32 Å². The summed E-state index contributed by atoms with van der Waals surface area (Å²) >= 11 is 1.88. The number of rotatable bonds is 5. The minimum Gasteiger partial charge on any atom is -0.312 e. The van der Waals surface area contributed by atoms with Gasteiger partial charge in [-0.2, -0.15) is 0 Å². The monoisotopic (exact) mass is 210 g/mol. The molecule has 2 nitrogen and oxygen atoms in total. The molecular weight excluding hydrogens is 192 g/mol. The summed E-state index contributed by atoms with van der Waals surface area (Å²) < 4.78 is 0. The maximum absolute atomic E-state index is 4.51. The lowest BCUT2D eigenvalue weighted by Crippen LogP contribution is -2.12. The van der Waals surface area contributed by atoms with E-state index >= 15 is 0 Å². The van der Waals surface area contributed by atoms with Gasteiger partial charge in [0, 0.05) is 23.0 Å². The van der Waals surface area contributed by atoms with Crippen molar-refractivity contribution in [2.75, 3.05) is 6.54 Å². The first-order valence-electron chi connectivity index (χ1n) is 5.40. The first-order chi connectivity index (χ1) is 6.74. The van der Waals surface area contributed by atoms with Gasteiger partial charge in [0.2, 0.25) is 0 Å². The number of hydrogen-bond acceptors (Lipinski definition) is 3. The minimum atomic E-state index is 0.438. The summed E-state index contributed by atoms with van der Waals surface area (Å²) in [5.41, 5.74) is 0.438. The van der Waals surface area contributed by atoms with Crippen molar-refractivity contribution in [1.29, 1.82) is 0 Å². The molecule has 0 atom stereocenters. The molecule has 1 fully saturated rings. The van der Waals surface area contributed by atoms with E-state index in [0.29, 0.717) is 5.41 Å². The summed E-state index contributed by atoms with van der Waals surface area (Å²) in [5, 5.41) is 4.75. The van der Waals surface area contributed by atoms with E-state index in [4.69, 9.17) is 0 Å². The third-order valence-corrected chi connectivity index (χ3v) is 4.10. The number of nitrogens with zero attached hydrogens (tertiary/aromatic N) is 1. The van der Waals surface area contributed by atoms with E-state index in [0.717, 1.165) is 13.1 Å². The molecule has 1 N–H and O–H groups in total. The summed E-state index contributed by atoms with van der Waals surface area (Å²) in [4.78, 5) is 5.88. The second-order valence-electron chi connectivity index (χ2n) is 4.37. The summed E-state index contributed by atoms with van der Waals surface area (Å²) in [5.74, 6) is 0. The zero-order valence-corrected chi connectivity index (χ0v) is 9.78. The Hall–Kier alpha value is -0.410. The van der Waals surface area contributed by atoms with E-state index < -0.39 is 0 Å². The molecule has 0 saturated heterocycles. The highest BCUT2D eigenvalue weighted by molar-refractivity contribution is 7.11. The Bertz CT molecular complexity index is 302. The quantitative estimate of drug-likeness (QED) is 0.756. The fourth-order valence-electron chi connectivity index (χ4n) is 1.46. The molecule has 0 unspecified atom stereocenters. The van der Waals surface area contributed by atoms with Crippen LogP contribution in [0.15, 0.2) is 6.20 Å². The number of aromatic nitrogens is 1. The lowest BCUT2D eigenvalue weighted by molar-refractivity contribution is 0.681. The van der Waals surface area contributed by atoms with Crippen molar-refractivity contribution in [1.82, 2.24) is 10.3 Å². The molecule has 78 valence electrons. The second-order valence-corrected chi connectivity index (χ2v) is 5.48. The smallest absolute Gasteiger partial charge is 0.0987 e. The normalized spacial score (nSPS) is 18.4. The fourth-order valence-corrected chi connectivity index (χ4v) is 2.54. The van der Waals surface area contributed by atoms with Crippen molar-refractivity contribution >= 4 is 11.3 Å². The van der Waals surface area contributed by atoms with Crippen LogP contribution in [0.5, 0.6) is 0 Å². The van der Waals surface area contributed by atoms with Gasteiger partial charge in [-0.25, -0.2) is 4.98 Å². The zero-order valence-electron chi connectivity index (χ0n) is 8.97. The van der Waals surface area contributed by atoms with Crippen molar-refractivity contribution in [3.63, 3.8) is 0 Å². The second kappa shape index (κ2) is 3.99. The first-order valence-corrected chi connectivity index (χ1v) is 6.22. The first kappa shape index (κ1) is 10.1. The molecule has 0 spiro atoms. The number of thiazole rings is 1. The van der Waals surface area contributed by atoms with E-state index in [2.05, 4.69) is 24.1 Å². The van der Waals surface area contributed by atoms with Crippen LogP contribution in [-0.2, 0) is 12.0 Å². The minimum absolute atomic E-state index is 0.438. The van der Waals surface area contributed by atoms with Crippen LogP contribution in [0.1, 0.15) is 43.0 Å². The SMILES string of the molecule is CCCNCc1cnc(C2(C)CC2)s1. The average Bonchev–Trinajstić information content (AvgIpc) is 2.76. The van der Waals surface area contributed by atoms with E-state index in [1.165, 1.54) is 29.1 Å². The molecule has 14 heavy (non-hydrogen) atoms. The average molecular weight is 210 g/mol. The van der Waals surface area contributed by atoms with Gasteiger partial charge in [-0.15, -0.1) is 11.3 Å². The Morgan fingerprint density at radius 3 is 3.00 bits per heavy atom. The summed E-state index contributed by atoms with van der Waals surface area (Å²) in [6.45, 7) is 6.59. The van der Waals surface area contributed by atoms with Gasteiger partial charge in [-0.05, 0) is 25.8 Å². The Labute approximate surface area is 89.8 Å². The molecule has 3 heteroatoms. The van der Waals surface area contributed by atoms with Crippen molar-refractivity contribution < 1.29 is 0 Å². The van der Waals surface area contributed by atoms with Crippen molar-refractivity contribution in [3.8, 4) is 0 Å². The summed E-state index contributed by atoms with van der Waals surface area (Å²) in [7, 11) is 0. The zero-order chi connectivity index (χ0) is 10.0. The maximum Gasteiger partial charge on any atom is 0.0987 e. The van der Waals surface area contributed by atoms with Crippen LogP contribution in [0.25, 0.3) is 0 Å². The molecule has 0 aromatic carbocycles. The molecule has 0 aliphatic heterocycles. The molecule has 1 saturated carbocycles. The molecule has 2 rings (SSSR count).